The van der Waals surface area contributed by atoms with Gasteiger partial charge in [0.2, 0.25) is 5.91 Å². The predicted molar refractivity (Wildman–Crippen MR) is 104 cm³/mol. The van der Waals surface area contributed by atoms with Gasteiger partial charge in [0.25, 0.3) is 0 Å². The second kappa shape index (κ2) is 9.42. The fraction of sp³-hybridized carbons (Fsp3) is 0.409. The Morgan fingerprint density at radius 1 is 1.11 bits per heavy atom. The van der Waals surface area contributed by atoms with Crippen molar-refractivity contribution in [2.24, 2.45) is 0 Å². The van der Waals surface area contributed by atoms with Crippen LogP contribution in [0.25, 0.3) is 0 Å². The Kier molecular flexibility index (Phi) is 6.71. The van der Waals surface area contributed by atoms with Crippen molar-refractivity contribution in [3.05, 3.63) is 60.2 Å². The summed E-state index contributed by atoms with van der Waals surface area (Å²) in [4.78, 5) is 13.5. The predicted octanol–water partition coefficient (Wildman–Crippen LogP) is 3.41. The van der Waals surface area contributed by atoms with E-state index >= 15 is 0 Å². The molecule has 0 bridgehead atoms. The number of hydrogen-bond donors (Lipinski definition) is 1. The third-order valence-corrected chi connectivity index (χ3v) is 4.87. The summed E-state index contributed by atoms with van der Waals surface area (Å²) in [6.45, 7) is 2.90. The number of nitrogens with zero attached hydrogens (tertiary/aromatic N) is 1. The number of carbonyl (C=O) groups excluding carboxylic acids is 1. The molecule has 0 aromatic heterocycles. The smallest absolute Gasteiger partial charge is 0.219 e. The van der Waals surface area contributed by atoms with Crippen LogP contribution in [-0.4, -0.2) is 41.2 Å². The SMILES string of the molecule is CC(=O)N1CCCC[C@H]1[C@H](O)COc1cccc(OCc2ccccc2)c1. The zero-order valence-corrected chi connectivity index (χ0v) is 15.7. The number of benzene rings is 2. The van der Waals surface area contributed by atoms with Crippen LogP contribution in [0.3, 0.4) is 0 Å². The van der Waals surface area contributed by atoms with Crippen molar-refractivity contribution in [3.8, 4) is 11.5 Å². The molecule has 1 N–H and O–H groups in total. The Morgan fingerprint density at radius 2 is 1.85 bits per heavy atom. The van der Waals surface area contributed by atoms with Crippen LogP contribution in [0.4, 0.5) is 0 Å². The molecule has 1 aliphatic heterocycles. The molecule has 0 saturated carbocycles. The van der Waals surface area contributed by atoms with E-state index in [0.717, 1.165) is 24.8 Å². The summed E-state index contributed by atoms with van der Waals surface area (Å²) >= 11 is 0. The number of likely N-dealkylation sites (tertiary alicyclic amines) is 1. The van der Waals surface area contributed by atoms with Crippen molar-refractivity contribution in [1.29, 1.82) is 0 Å². The highest BCUT2D eigenvalue weighted by Crippen LogP contribution is 2.23. The molecule has 3 rings (SSSR count). The van der Waals surface area contributed by atoms with Crippen LogP contribution in [0.1, 0.15) is 31.7 Å². The number of piperidine rings is 1. The summed E-state index contributed by atoms with van der Waals surface area (Å²) < 4.78 is 11.6. The van der Waals surface area contributed by atoms with Gasteiger partial charge in [-0.15, -0.1) is 0 Å². The largest absolute Gasteiger partial charge is 0.491 e. The van der Waals surface area contributed by atoms with E-state index in [0.29, 0.717) is 24.7 Å². The summed E-state index contributed by atoms with van der Waals surface area (Å²) in [6, 6.07) is 17.2. The van der Waals surface area contributed by atoms with Gasteiger partial charge in [0.05, 0.1) is 6.04 Å². The first-order valence-electron chi connectivity index (χ1n) is 9.48. The molecular weight excluding hydrogens is 342 g/mol. The topological polar surface area (TPSA) is 59.0 Å². The highest BCUT2D eigenvalue weighted by Gasteiger charge is 2.30. The third-order valence-electron chi connectivity index (χ3n) is 4.87. The van der Waals surface area contributed by atoms with Crippen molar-refractivity contribution in [2.75, 3.05) is 13.2 Å². The van der Waals surface area contributed by atoms with Crippen molar-refractivity contribution in [1.82, 2.24) is 4.90 Å². The fourth-order valence-corrected chi connectivity index (χ4v) is 3.44. The lowest BCUT2D eigenvalue weighted by Gasteiger charge is -2.37. The Bertz CT molecular complexity index is 734. The summed E-state index contributed by atoms with van der Waals surface area (Å²) in [5.41, 5.74) is 1.10. The van der Waals surface area contributed by atoms with Crippen LogP contribution in [0, 0.1) is 0 Å². The van der Waals surface area contributed by atoms with E-state index in [2.05, 4.69) is 0 Å². The second-order valence-electron chi connectivity index (χ2n) is 6.90. The van der Waals surface area contributed by atoms with E-state index in [1.54, 1.807) is 11.8 Å². The van der Waals surface area contributed by atoms with E-state index < -0.39 is 6.10 Å². The van der Waals surface area contributed by atoms with Gasteiger partial charge in [-0.3, -0.25) is 4.79 Å². The van der Waals surface area contributed by atoms with Gasteiger partial charge in [0.15, 0.2) is 0 Å². The zero-order chi connectivity index (χ0) is 19.1. The molecule has 1 heterocycles. The van der Waals surface area contributed by atoms with Crippen molar-refractivity contribution >= 4 is 5.91 Å². The number of amides is 1. The first-order valence-corrected chi connectivity index (χ1v) is 9.48. The Morgan fingerprint density at radius 3 is 2.59 bits per heavy atom. The molecular formula is C22H27NO4. The van der Waals surface area contributed by atoms with Gasteiger partial charge in [-0.25, -0.2) is 0 Å². The minimum absolute atomic E-state index is 0.00931. The molecule has 144 valence electrons. The Balaban J connectivity index is 1.53. The van der Waals surface area contributed by atoms with Crippen molar-refractivity contribution in [3.63, 3.8) is 0 Å². The lowest BCUT2D eigenvalue weighted by molar-refractivity contribution is -0.136. The monoisotopic (exact) mass is 369 g/mol. The molecule has 1 amide bonds. The summed E-state index contributed by atoms with van der Waals surface area (Å²) in [5.74, 6) is 1.37. The van der Waals surface area contributed by atoms with Crippen molar-refractivity contribution in [2.45, 2.75) is 44.9 Å². The Hall–Kier alpha value is -2.53. The number of carbonyl (C=O) groups is 1. The van der Waals surface area contributed by atoms with Gasteiger partial charge in [-0.2, -0.15) is 0 Å². The lowest BCUT2D eigenvalue weighted by Crippen LogP contribution is -2.50. The summed E-state index contributed by atoms with van der Waals surface area (Å²) in [5, 5.41) is 10.5. The Labute approximate surface area is 160 Å². The minimum Gasteiger partial charge on any atom is -0.491 e. The van der Waals surface area contributed by atoms with Crippen LogP contribution < -0.4 is 9.47 Å². The number of ether oxygens (including phenoxy) is 2. The van der Waals surface area contributed by atoms with E-state index in [9.17, 15) is 9.90 Å². The second-order valence-corrected chi connectivity index (χ2v) is 6.90. The summed E-state index contributed by atoms with van der Waals surface area (Å²) in [7, 11) is 0. The molecule has 27 heavy (non-hydrogen) atoms. The molecule has 2 aromatic carbocycles. The van der Waals surface area contributed by atoms with Crippen LogP contribution in [0.5, 0.6) is 11.5 Å². The third kappa shape index (κ3) is 5.47. The molecule has 2 atom stereocenters. The van der Waals surface area contributed by atoms with Gasteiger partial charge in [0, 0.05) is 19.5 Å². The quantitative estimate of drug-likeness (QED) is 0.813. The number of aliphatic hydroxyl groups is 1. The average molecular weight is 369 g/mol. The highest BCUT2D eigenvalue weighted by molar-refractivity contribution is 5.73. The fourth-order valence-electron chi connectivity index (χ4n) is 3.44. The molecule has 0 radical (unpaired) electrons. The molecule has 0 aliphatic carbocycles. The first kappa shape index (κ1) is 19.2. The van der Waals surface area contributed by atoms with Gasteiger partial charge >= 0.3 is 0 Å². The highest BCUT2D eigenvalue weighted by atomic mass is 16.5. The van der Waals surface area contributed by atoms with Crippen LogP contribution in [0.2, 0.25) is 0 Å². The lowest BCUT2D eigenvalue weighted by atomic mass is 9.97. The van der Waals surface area contributed by atoms with E-state index in [4.69, 9.17) is 9.47 Å². The molecule has 1 saturated heterocycles. The summed E-state index contributed by atoms with van der Waals surface area (Å²) in [6.07, 6.45) is 2.12. The standard InChI is InChI=1S/C22H27NO4/c1-17(24)23-13-6-5-12-21(23)22(25)16-27-20-11-7-10-19(14-20)26-15-18-8-3-2-4-9-18/h2-4,7-11,14,21-22,25H,5-6,12-13,15-16H2,1H3/t21-,22+/m0/s1. The molecule has 5 heteroatoms. The maximum absolute atomic E-state index is 11.8. The molecule has 2 aromatic rings. The van der Waals surface area contributed by atoms with Gasteiger partial charge in [-0.05, 0) is 37.0 Å². The molecule has 0 spiro atoms. The maximum Gasteiger partial charge on any atom is 0.219 e. The number of rotatable bonds is 7. The normalized spacial score (nSPS) is 18.0. The molecule has 5 nitrogen and oxygen atoms in total. The van der Waals surface area contributed by atoms with Gasteiger partial charge in [-0.1, -0.05) is 36.4 Å². The molecule has 1 fully saturated rings. The van der Waals surface area contributed by atoms with E-state index in [1.807, 2.05) is 54.6 Å². The van der Waals surface area contributed by atoms with E-state index in [1.165, 1.54) is 0 Å². The van der Waals surface area contributed by atoms with Gasteiger partial charge in [0.1, 0.15) is 30.8 Å². The van der Waals surface area contributed by atoms with Crippen LogP contribution in [-0.2, 0) is 11.4 Å². The first-order chi connectivity index (χ1) is 13.1. The minimum atomic E-state index is -0.705. The number of aliphatic hydroxyl groups excluding tert-OH is 1. The van der Waals surface area contributed by atoms with Gasteiger partial charge < -0.3 is 19.5 Å². The number of hydrogen-bond acceptors (Lipinski definition) is 4. The molecule has 0 unspecified atom stereocenters. The van der Waals surface area contributed by atoms with E-state index in [-0.39, 0.29) is 18.6 Å². The average Bonchev–Trinajstić information content (AvgIpc) is 2.71. The molecule has 1 aliphatic rings. The maximum atomic E-state index is 11.8. The van der Waals surface area contributed by atoms with Crippen molar-refractivity contribution < 1.29 is 19.4 Å². The van der Waals surface area contributed by atoms with Crippen LogP contribution in [0.15, 0.2) is 54.6 Å². The zero-order valence-electron chi connectivity index (χ0n) is 15.7. The van der Waals surface area contributed by atoms with Crippen LogP contribution >= 0.6 is 0 Å².